The van der Waals surface area contributed by atoms with Gasteiger partial charge in [-0.05, 0) is 41.3 Å². The third kappa shape index (κ3) is 6.41. The number of Topliss-reactive ketones (excluding diaryl/α,β-unsaturated/α-hetero) is 1. The molecular weight excluding hydrogens is 336 g/mol. The number of benzene rings is 1. The maximum absolute atomic E-state index is 12.8. The van der Waals surface area contributed by atoms with Crippen molar-refractivity contribution in [1.82, 2.24) is 0 Å². The van der Waals surface area contributed by atoms with E-state index in [1.54, 1.807) is 0 Å². The number of hydrogen-bond donors (Lipinski definition) is 3. The maximum atomic E-state index is 12.8. The second-order valence-electron chi connectivity index (χ2n) is 9.83. The Morgan fingerprint density at radius 1 is 1.04 bits per heavy atom. The highest BCUT2D eigenvalue weighted by molar-refractivity contribution is 5.85. The first-order valence-electron chi connectivity index (χ1n) is 10.1. The van der Waals surface area contributed by atoms with E-state index in [9.17, 15) is 9.90 Å². The Hall–Kier alpha value is -1.23. The molecule has 1 aromatic rings. The summed E-state index contributed by atoms with van der Waals surface area (Å²) in [5, 5.41) is 11.6. The molecule has 0 fully saturated rings. The van der Waals surface area contributed by atoms with Gasteiger partial charge >= 0.3 is 0 Å². The smallest absolute Gasteiger partial charge is 0.152 e. The van der Waals surface area contributed by atoms with E-state index in [1.165, 1.54) is 0 Å². The molecule has 4 nitrogen and oxygen atoms in total. The standard InChI is InChI=1S/C23H40N2O2/c1-21(2,3)17-11-10-12-18(15-17)23(27,22(4,5)6)16-20(26)19(25)13-8-7-9-14-24/h10-12,15,19,27H,7-9,13-14,16,24-25H2,1-6H3. The number of carbonyl (C=O) groups excluding carboxylic acids is 1. The van der Waals surface area contributed by atoms with Crippen LogP contribution in [0.3, 0.4) is 0 Å². The van der Waals surface area contributed by atoms with E-state index in [4.69, 9.17) is 11.5 Å². The minimum absolute atomic E-state index is 0.0296. The Morgan fingerprint density at radius 3 is 2.15 bits per heavy atom. The zero-order valence-corrected chi connectivity index (χ0v) is 18.1. The number of rotatable bonds is 9. The zero-order chi connectivity index (χ0) is 20.9. The summed E-state index contributed by atoms with van der Waals surface area (Å²) in [6.45, 7) is 13.0. The molecule has 0 radical (unpaired) electrons. The lowest BCUT2D eigenvalue weighted by atomic mass is 9.68. The van der Waals surface area contributed by atoms with Gasteiger partial charge in [-0.25, -0.2) is 0 Å². The van der Waals surface area contributed by atoms with Crippen molar-refractivity contribution in [2.75, 3.05) is 6.54 Å². The van der Waals surface area contributed by atoms with E-state index < -0.39 is 17.1 Å². The molecule has 0 amide bonds. The first-order valence-corrected chi connectivity index (χ1v) is 10.1. The fraction of sp³-hybridized carbons (Fsp3) is 0.696. The molecule has 0 bridgehead atoms. The van der Waals surface area contributed by atoms with Crippen molar-refractivity contribution in [3.63, 3.8) is 0 Å². The molecule has 0 heterocycles. The monoisotopic (exact) mass is 376 g/mol. The molecule has 2 atom stereocenters. The van der Waals surface area contributed by atoms with E-state index in [0.29, 0.717) is 13.0 Å². The van der Waals surface area contributed by atoms with E-state index in [-0.39, 0.29) is 17.6 Å². The first-order chi connectivity index (χ1) is 12.3. The average molecular weight is 377 g/mol. The minimum atomic E-state index is -1.26. The molecule has 0 aromatic heterocycles. The molecule has 5 N–H and O–H groups in total. The minimum Gasteiger partial charge on any atom is -0.384 e. The van der Waals surface area contributed by atoms with Gasteiger partial charge in [-0.2, -0.15) is 0 Å². The summed E-state index contributed by atoms with van der Waals surface area (Å²) in [7, 11) is 0. The molecule has 0 aliphatic heterocycles. The lowest BCUT2D eigenvalue weighted by molar-refractivity contribution is -0.133. The first kappa shape index (κ1) is 23.8. The predicted octanol–water partition coefficient (Wildman–Crippen LogP) is 4.02. The van der Waals surface area contributed by atoms with E-state index >= 15 is 0 Å². The van der Waals surface area contributed by atoms with Crippen molar-refractivity contribution in [2.45, 2.75) is 90.7 Å². The summed E-state index contributed by atoms with van der Waals surface area (Å²) < 4.78 is 0. The van der Waals surface area contributed by atoms with E-state index in [1.807, 2.05) is 39.0 Å². The summed E-state index contributed by atoms with van der Waals surface area (Å²) in [6.07, 6.45) is 3.49. The number of carbonyl (C=O) groups is 1. The fourth-order valence-corrected chi connectivity index (χ4v) is 3.27. The number of hydrogen-bond acceptors (Lipinski definition) is 4. The molecule has 4 heteroatoms. The van der Waals surface area contributed by atoms with Gasteiger partial charge in [-0.1, -0.05) is 78.6 Å². The normalized spacial score (nSPS) is 16.0. The van der Waals surface area contributed by atoms with Crippen LogP contribution in [0.4, 0.5) is 0 Å². The summed E-state index contributed by atoms with van der Waals surface area (Å²) >= 11 is 0. The van der Waals surface area contributed by atoms with Crippen molar-refractivity contribution < 1.29 is 9.90 Å². The molecule has 27 heavy (non-hydrogen) atoms. The number of unbranched alkanes of at least 4 members (excludes halogenated alkanes) is 2. The van der Waals surface area contributed by atoms with E-state index in [0.717, 1.165) is 30.4 Å². The molecule has 0 aliphatic carbocycles. The van der Waals surface area contributed by atoms with Gasteiger partial charge in [-0.15, -0.1) is 0 Å². The SMILES string of the molecule is CC(C)(C)c1cccc(C(O)(CC(=O)C(N)CCCCCN)C(C)(C)C)c1. The number of aliphatic hydroxyl groups is 1. The predicted molar refractivity (Wildman–Crippen MR) is 114 cm³/mol. The third-order valence-electron chi connectivity index (χ3n) is 5.51. The van der Waals surface area contributed by atoms with Gasteiger partial charge in [0.15, 0.2) is 5.78 Å². The molecule has 0 saturated heterocycles. The van der Waals surface area contributed by atoms with Gasteiger partial charge < -0.3 is 16.6 Å². The quantitative estimate of drug-likeness (QED) is 0.568. The molecule has 2 unspecified atom stereocenters. The van der Waals surface area contributed by atoms with Crippen molar-refractivity contribution in [3.8, 4) is 0 Å². The molecule has 1 aromatic carbocycles. The summed E-state index contributed by atoms with van der Waals surface area (Å²) in [6, 6.07) is 7.44. The van der Waals surface area contributed by atoms with Crippen LogP contribution in [0.5, 0.6) is 0 Å². The van der Waals surface area contributed by atoms with Gasteiger partial charge in [0.1, 0.15) is 5.60 Å². The zero-order valence-electron chi connectivity index (χ0n) is 18.1. The number of ketones is 1. The van der Waals surface area contributed by atoms with Crippen LogP contribution in [0.25, 0.3) is 0 Å². The highest BCUT2D eigenvalue weighted by atomic mass is 16.3. The van der Waals surface area contributed by atoms with Gasteiger partial charge in [0.2, 0.25) is 0 Å². The van der Waals surface area contributed by atoms with Gasteiger partial charge in [0, 0.05) is 6.42 Å². The van der Waals surface area contributed by atoms with Crippen LogP contribution >= 0.6 is 0 Å². The second-order valence-corrected chi connectivity index (χ2v) is 9.83. The Morgan fingerprint density at radius 2 is 1.63 bits per heavy atom. The van der Waals surface area contributed by atoms with Crippen molar-refractivity contribution in [1.29, 1.82) is 0 Å². The van der Waals surface area contributed by atoms with Crippen LogP contribution in [0.15, 0.2) is 24.3 Å². The maximum Gasteiger partial charge on any atom is 0.152 e. The topological polar surface area (TPSA) is 89.3 Å². The summed E-state index contributed by atoms with van der Waals surface area (Å²) in [5.41, 5.74) is 11.8. The van der Waals surface area contributed by atoms with Crippen LogP contribution in [-0.2, 0) is 15.8 Å². The van der Waals surface area contributed by atoms with Gasteiger partial charge in [-0.3, -0.25) is 4.79 Å². The van der Waals surface area contributed by atoms with Crippen molar-refractivity contribution in [3.05, 3.63) is 35.4 Å². The Kier molecular flexibility index (Phi) is 8.21. The van der Waals surface area contributed by atoms with Crippen molar-refractivity contribution >= 4 is 5.78 Å². The molecule has 1 rings (SSSR count). The second kappa shape index (κ2) is 9.31. The highest BCUT2D eigenvalue weighted by Gasteiger charge is 2.44. The van der Waals surface area contributed by atoms with Crippen molar-refractivity contribution in [2.24, 2.45) is 16.9 Å². The number of nitrogens with two attached hydrogens (primary N) is 2. The van der Waals surface area contributed by atoms with Crippen LogP contribution in [0, 0.1) is 5.41 Å². The Bertz CT molecular complexity index is 614. The molecule has 0 spiro atoms. The lowest BCUT2D eigenvalue weighted by Crippen LogP contribution is -2.45. The van der Waals surface area contributed by atoms with Gasteiger partial charge in [0.25, 0.3) is 0 Å². The third-order valence-corrected chi connectivity index (χ3v) is 5.51. The summed E-state index contributed by atoms with van der Waals surface area (Å²) in [4.78, 5) is 12.8. The Balaban J connectivity index is 3.07. The molecule has 154 valence electrons. The molecule has 0 aliphatic rings. The van der Waals surface area contributed by atoms with Crippen LogP contribution in [-0.4, -0.2) is 23.5 Å². The molecule has 0 saturated carbocycles. The van der Waals surface area contributed by atoms with Crippen LogP contribution < -0.4 is 11.5 Å². The summed E-state index contributed by atoms with van der Waals surface area (Å²) in [5.74, 6) is -0.0821. The largest absolute Gasteiger partial charge is 0.384 e. The molecular formula is C23H40N2O2. The van der Waals surface area contributed by atoms with E-state index in [2.05, 4.69) is 26.8 Å². The average Bonchev–Trinajstić information content (AvgIpc) is 2.56. The lowest BCUT2D eigenvalue weighted by Gasteiger charge is -2.41. The van der Waals surface area contributed by atoms with Crippen LogP contribution in [0.2, 0.25) is 0 Å². The fourth-order valence-electron chi connectivity index (χ4n) is 3.27. The Labute approximate surface area is 165 Å². The van der Waals surface area contributed by atoms with Crippen LogP contribution in [0.1, 0.15) is 84.8 Å². The van der Waals surface area contributed by atoms with Gasteiger partial charge in [0.05, 0.1) is 6.04 Å². The highest BCUT2D eigenvalue weighted by Crippen LogP contribution is 2.43.